The van der Waals surface area contributed by atoms with Crippen LogP contribution in [0, 0.1) is 0 Å². The van der Waals surface area contributed by atoms with Gasteiger partial charge in [0, 0.05) is 12.8 Å². The number of carbonyl (C=O) groups excluding carboxylic acids is 2. The third-order valence-corrected chi connectivity index (χ3v) is 12.4. The van der Waals surface area contributed by atoms with Crippen LogP contribution in [0.25, 0.3) is 0 Å². The number of carbonyl (C=O) groups is 2. The van der Waals surface area contributed by atoms with E-state index in [1.807, 2.05) is 0 Å². The van der Waals surface area contributed by atoms with Crippen molar-refractivity contribution < 1.29 is 24.5 Å². The van der Waals surface area contributed by atoms with Crippen LogP contribution in [0.5, 0.6) is 0 Å². The van der Waals surface area contributed by atoms with Gasteiger partial charge in [0.2, 0.25) is 5.91 Å². The molecule has 0 aliphatic heterocycles. The molecule has 0 aromatic heterocycles. The van der Waals surface area contributed by atoms with Crippen LogP contribution in [-0.2, 0) is 14.3 Å². The molecule has 0 spiro atoms. The first-order chi connectivity index (χ1) is 30.5. The van der Waals surface area contributed by atoms with E-state index in [-0.39, 0.29) is 18.5 Å². The van der Waals surface area contributed by atoms with Crippen molar-refractivity contribution in [3.05, 3.63) is 36.5 Å². The molecule has 0 aromatic carbocycles. The number of allylic oxidation sites excluding steroid dienone is 6. The number of unbranched alkanes of at least 4 members (excludes halogenated alkanes) is 34. The van der Waals surface area contributed by atoms with Gasteiger partial charge in [-0.1, -0.05) is 230 Å². The normalized spacial score (nSPS) is 12.9. The molecule has 0 heterocycles. The minimum absolute atomic E-state index is 0.0248. The first kappa shape index (κ1) is 60.1. The number of esters is 1. The van der Waals surface area contributed by atoms with Crippen LogP contribution in [0.3, 0.4) is 0 Å². The summed E-state index contributed by atoms with van der Waals surface area (Å²) in [6, 6.07) is -0.549. The molecule has 364 valence electrons. The van der Waals surface area contributed by atoms with Gasteiger partial charge in [-0.15, -0.1) is 0 Å². The van der Waals surface area contributed by atoms with E-state index in [1.54, 1.807) is 0 Å². The van der Waals surface area contributed by atoms with E-state index in [4.69, 9.17) is 4.74 Å². The van der Waals surface area contributed by atoms with Crippen LogP contribution in [0.4, 0.5) is 0 Å². The molecule has 6 nitrogen and oxygen atoms in total. The summed E-state index contributed by atoms with van der Waals surface area (Å²) in [7, 11) is 0. The third kappa shape index (κ3) is 47.6. The zero-order valence-electron chi connectivity index (χ0n) is 41.4. The second kappa shape index (κ2) is 51.7. The lowest BCUT2D eigenvalue weighted by atomic mass is 10.0. The Hall–Kier alpha value is -1.92. The monoisotopic (exact) mass is 872 g/mol. The van der Waals surface area contributed by atoms with Crippen molar-refractivity contribution in [1.82, 2.24) is 5.32 Å². The maximum atomic E-state index is 12.5. The van der Waals surface area contributed by atoms with Crippen molar-refractivity contribution >= 4 is 11.9 Å². The van der Waals surface area contributed by atoms with E-state index < -0.39 is 12.1 Å². The molecule has 0 fully saturated rings. The van der Waals surface area contributed by atoms with E-state index in [0.717, 1.165) is 70.6 Å². The number of rotatable bonds is 50. The highest BCUT2D eigenvalue weighted by atomic mass is 16.5. The van der Waals surface area contributed by atoms with Crippen molar-refractivity contribution in [3.8, 4) is 0 Å². The highest BCUT2D eigenvalue weighted by Gasteiger charge is 2.20. The predicted molar refractivity (Wildman–Crippen MR) is 269 cm³/mol. The van der Waals surface area contributed by atoms with Crippen LogP contribution in [0.15, 0.2) is 36.5 Å². The van der Waals surface area contributed by atoms with Crippen molar-refractivity contribution in [2.45, 2.75) is 296 Å². The summed E-state index contributed by atoms with van der Waals surface area (Å²) in [6.07, 6.45) is 62.7. The van der Waals surface area contributed by atoms with Gasteiger partial charge < -0.3 is 20.3 Å². The van der Waals surface area contributed by atoms with E-state index >= 15 is 0 Å². The molecule has 0 bridgehead atoms. The Morgan fingerprint density at radius 3 is 1.29 bits per heavy atom. The topological polar surface area (TPSA) is 95.9 Å². The fourth-order valence-corrected chi connectivity index (χ4v) is 8.20. The lowest BCUT2D eigenvalue weighted by Gasteiger charge is -2.22. The van der Waals surface area contributed by atoms with Crippen LogP contribution >= 0.6 is 0 Å². The SMILES string of the molecule is CCCC/C=C\CCCCCCCC(=O)OCCCCC/C=C\C=C/CCCCCCCCCCCCC(=O)NC(CO)C(O)CCCCCCCCCCCCCCCCC. The standard InChI is InChI=1S/C56H105NO5/c1-3-5-7-9-11-13-15-16-22-25-29-32-36-40-44-48-54(59)53(52-58)57-55(60)49-45-41-37-33-30-26-23-20-18-17-19-21-24-27-31-35-39-43-47-51-62-56(61)50-46-42-38-34-28-14-12-10-8-6-4-2/h10,12,21,24,27,31,53-54,58-59H,3-9,11,13-20,22-23,25-26,28-30,32-52H2,1-2H3,(H,57,60)/b12-10-,24-21-,31-27-. The molecule has 0 aliphatic carbocycles. The Morgan fingerprint density at radius 2 is 0.823 bits per heavy atom. The summed E-state index contributed by atoms with van der Waals surface area (Å²) in [4.78, 5) is 24.4. The van der Waals surface area contributed by atoms with Gasteiger partial charge >= 0.3 is 5.97 Å². The molecule has 0 rings (SSSR count). The van der Waals surface area contributed by atoms with Gasteiger partial charge in [-0.05, 0) is 77.0 Å². The van der Waals surface area contributed by atoms with Gasteiger partial charge in [0.25, 0.3) is 0 Å². The molecule has 2 atom stereocenters. The summed E-state index contributed by atoms with van der Waals surface area (Å²) in [5, 5.41) is 23.2. The van der Waals surface area contributed by atoms with Crippen LogP contribution < -0.4 is 5.32 Å². The van der Waals surface area contributed by atoms with Crippen molar-refractivity contribution in [1.29, 1.82) is 0 Å². The Bertz CT molecular complexity index is 1010. The lowest BCUT2D eigenvalue weighted by molar-refractivity contribution is -0.143. The fourth-order valence-electron chi connectivity index (χ4n) is 8.20. The first-order valence-corrected chi connectivity index (χ1v) is 27.3. The molecule has 2 unspecified atom stereocenters. The van der Waals surface area contributed by atoms with Gasteiger partial charge in [0.15, 0.2) is 0 Å². The lowest BCUT2D eigenvalue weighted by Crippen LogP contribution is -2.45. The Morgan fingerprint density at radius 1 is 0.452 bits per heavy atom. The van der Waals surface area contributed by atoms with E-state index in [9.17, 15) is 19.8 Å². The van der Waals surface area contributed by atoms with Gasteiger partial charge in [-0.25, -0.2) is 0 Å². The molecule has 0 saturated carbocycles. The number of aliphatic hydroxyl groups is 2. The number of ether oxygens (including phenoxy) is 1. The van der Waals surface area contributed by atoms with Gasteiger partial charge in [-0.2, -0.15) is 0 Å². The number of hydrogen-bond donors (Lipinski definition) is 3. The molecule has 0 radical (unpaired) electrons. The molecule has 1 amide bonds. The molecule has 0 saturated heterocycles. The number of nitrogens with one attached hydrogen (secondary N) is 1. The third-order valence-electron chi connectivity index (χ3n) is 12.4. The Labute approximate surface area is 385 Å². The van der Waals surface area contributed by atoms with E-state index in [1.165, 1.54) is 180 Å². The van der Waals surface area contributed by atoms with Crippen molar-refractivity contribution in [2.24, 2.45) is 0 Å². The van der Waals surface area contributed by atoms with Crippen LogP contribution in [0.1, 0.15) is 284 Å². The molecule has 0 aliphatic rings. The first-order valence-electron chi connectivity index (χ1n) is 27.3. The van der Waals surface area contributed by atoms with Gasteiger partial charge in [0.05, 0.1) is 25.4 Å². The molecule has 0 aromatic rings. The summed E-state index contributed by atoms with van der Waals surface area (Å²) < 4.78 is 5.42. The number of aliphatic hydroxyl groups excluding tert-OH is 2. The quantitative estimate of drug-likeness (QED) is 0.0245. The van der Waals surface area contributed by atoms with Crippen LogP contribution in [-0.4, -0.2) is 47.4 Å². The zero-order valence-corrected chi connectivity index (χ0v) is 41.4. The van der Waals surface area contributed by atoms with Gasteiger partial charge in [0.1, 0.15) is 0 Å². The minimum Gasteiger partial charge on any atom is -0.466 e. The molecular formula is C56H105NO5. The van der Waals surface area contributed by atoms with E-state index in [0.29, 0.717) is 25.9 Å². The molecule has 6 heteroatoms. The molecular weight excluding hydrogens is 767 g/mol. The van der Waals surface area contributed by atoms with Crippen LogP contribution in [0.2, 0.25) is 0 Å². The predicted octanol–water partition coefficient (Wildman–Crippen LogP) is 16.5. The Balaban J connectivity index is 3.49. The smallest absolute Gasteiger partial charge is 0.305 e. The largest absolute Gasteiger partial charge is 0.466 e. The highest BCUT2D eigenvalue weighted by Crippen LogP contribution is 2.16. The summed E-state index contributed by atoms with van der Waals surface area (Å²) in [6.45, 7) is 4.87. The molecule has 3 N–H and O–H groups in total. The average molecular weight is 872 g/mol. The highest BCUT2D eigenvalue weighted by molar-refractivity contribution is 5.76. The molecule has 62 heavy (non-hydrogen) atoms. The van der Waals surface area contributed by atoms with E-state index in [2.05, 4.69) is 55.6 Å². The second-order valence-electron chi connectivity index (χ2n) is 18.6. The van der Waals surface area contributed by atoms with Crippen molar-refractivity contribution in [3.63, 3.8) is 0 Å². The van der Waals surface area contributed by atoms with Gasteiger partial charge in [-0.3, -0.25) is 9.59 Å². The summed E-state index contributed by atoms with van der Waals surface area (Å²) >= 11 is 0. The maximum Gasteiger partial charge on any atom is 0.305 e. The zero-order chi connectivity index (χ0) is 45.1. The second-order valence-corrected chi connectivity index (χ2v) is 18.6. The van der Waals surface area contributed by atoms with Crippen molar-refractivity contribution in [2.75, 3.05) is 13.2 Å². The summed E-state index contributed by atoms with van der Waals surface area (Å²) in [5.74, 6) is -0.0695. The number of amides is 1. The summed E-state index contributed by atoms with van der Waals surface area (Å²) in [5.41, 5.74) is 0. The average Bonchev–Trinajstić information content (AvgIpc) is 3.27. The maximum absolute atomic E-state index is 12.5. The fraction of sp³-hybridized carbons (Fsp3) is 0.857. The number of hydrogen-bond acceptors (Lipinski definition) is 5. The minimum atomic E-state index is -0.671. The Kier molecular flexibility index (Phi) is 50.1.